The Hall–Kier alpha value is -1.26. The Labute approximate surface area is 77.0 Å². The summed E-state index contributed by atoms with van der Waals surface area (Å²) in [6, 6.07) is 1.99. The normalized spacial score (nSPS) is 15.0. The second-order valence-electron chi connectivity index (χ2n) is 2.28. The highest BCUT2D eigenvalue weighted by atomic mass is 32.2. The number of rotatable bonds is 0. The summed E-state index contributed by atoms with van der Waals surface area (Å²) in [5.41, 5.74) is 0.622. The lowest BCUT2D eigenvalue weighted by Gasteiger charge is -2.10. The minimum Gasteiger partial charge on any atom is -0.387 e. The number of nitriles is 1. The third-order valence-electron chi connectivity index (χ3n) is 0.952. The summed E-state index contributed by atoms with van der Waals surface area (Å²) in [6.45, 7) is 1.75. The average molecular weight is 205 g/mol. The third-order valence-corrected chi connectivity index (χ3v) is 0.952. The monoisotopic (exact) mass is 205 g/mol. The molecular weight excluding hydrogens is 194 g/mol. The predicted molar refractivity (Wildman–Crippen MR) is 47.2 cm³/mol. The van der Waals surface area contributed by atoms with Gasteiger partial charge in [-0.1, -0.05) is 0 Å². The van der Waals surface area contributed by atoms with Gasteiger partial charge in [0, 0.05) is 19.3 Å². The van der Waals surface area contributed by atoms with Crippen LogP contribution in [-0.4, -0.2) is 32.3 Å². The summed E-state index contributed by atoms with van der Waals surface area (Å²) in [5, 5.41) is 14.1. The minimum atomic E-state index is -3.67. The van der Waals surface area contributed by atoms with Gasteiger partial charge in [0.25, 0.3) is 10.1 Å². The number of hydrogen-bond donors (Lipinski definition) is 3. The number of hydrogen-bond acceptors (Lipinski definition) is 5. The lowest BCUT2D eigenvalue weighted by atomic mass is 10.4. The van der Waals surface area contributed by atoms with Crippen molar-refractivity contribution in [3.05, 3.63) is 11.9 Å². The van der Waals surface area contributed by atoms with Crippen molar-refractivity contribution in [2.45, 2.75) is 0 Å². The second-order valence-corrected chi connectivity index (χ2v) is 3.75. The molecule has 1 aliphatic rings. The van der Waals surface area contributed by atoms with Crippen molar-refractivity contribution in [1.29, 1.82) is 5.26 Å². The van der Waals surface area contributed by atoms with Crippen molar-refractivity contribution < 1.29 is 13.0 Å². The average Bonchev–Trinajstić information content (AvgIpc) is 2.03. The van der Waals surface area contributed by atoms with E-state index in [1.165, 1.54) is 0 Å². The molecule has 0 spiro atoms. The lowest BCUT2D eigenvalue weighted by molar-refractivity contribution is 0.490. The molecule has 6 nitrogen and oxygen atoms in total. The Morgan fingerprint density at radius 3 is 2.38 bits per heavy atom. The number of allylic oxidation sites excluding steroid dienone is 1. The fourth-order valence-electron chi connectivity index (χ4n) is 0.566. The third kappa shape index (κ3) is 10.7. The first-order valence-corrected chi connectivity index (χ1v) is 5.28. The molecule has 0 atom stereocenters. The fourth-order valence-corrected chi connectivity index (χ4v) is 0.566. The van der Waals surface area contributed by atoms with E-state index in [9.17, 15) is 8.42 Å². The molecule has 0 saturated heterocycles. The molecule has 0 aromatic rings. The van der Waals surface area contributed by atoms with Crippen molar-refractivity contribution in [3.8, 4) is 6.07 Å². The van der Waals surface area contributed by atoms with E-state index in [0.717, 1.165) is 13.1 Å². The maximum Gasteiger partial charge on any atom is 0.261 e. The van der Waals surface area contributed by atoms with Gasteiger partial charge in [-0.15, -0.1) is 0 Å². The predicted octanol–water partition coefficient (Wildman–Crippen LogP) is -0.952. The van der Waals surface area contributed by atoms with Crippen LogP contribution < -0.4 is 10.6 Å². The van der Waals surface area contributed by atoms with Gasteiger partial charge in [0.1, 0.15) is 11.8 Å². The van der Waals surface area contributed by atoms with Crippen LogP contribution in [0, 0.1) is 11.3 Å². The molecule has 0 bridgehead atoms. The standard InChI is InChI=1S/C5H7N3.CH4O3S/c6-3-5-4-7-1-2-8-5;1-5(2,3)4/h4,7-8H,1-2H2;1H3,(H,2,3,4). The van der Waals surface area contributed by atoms with Gasteiger partial charge in [0.15, 0.2) is 0 Å². The Morgan fingerprint density at radius 2 is 2.15 bits per heavy atom. The summed E-state index contributed by atoms with van der Waals surface area (Å²) in [4.78, 5) is 0. The van der Waals surface area contributed by atoms with Gasteiger partial charge in [0.2, 0.25) is 0 Å². The number of nitrogens with one attached hydrogen (secondary N) is 2. The highest BCUT2D eigenvalue weighted by Gasteiger charge is 1.96. The van der Waals surface area contributed by atoms with Crippen LogP contribution in [0.5, 0.6) is 0 Å². The largest absolute Gasteiger partial charge is 0.387 e. The summed E-state index contributed by atoms with van der Waals surface area (Å²) in [6.07, 6.45) is 2.40. The van der Waals surface area contributed by atoms with Gasteiger partial charge in [-0.05, 0) is 0 Å². The maximum absolute atomic E-state index is 9.19. The highest BCUT2D eigenvalue weighted by Crippen LogP contribution is 1.85. The van der Waals surface area contributed by atoms with E-state index in [4.69, 9.17) is 9.81 Å². The van der Waals surface area contributed by atoms with Gasteiger partial charge < -0.3 is 10.6 Å². The van der Waals surface area contributed by atoms with Crippen molar-refractivity contribution in [2.75, 3.05) is 19.3 Å². The van der Waals surface area contributed by atoms with E-state index >= 15 is 0 Å². The van der Waals surface area contributed by atoms with E-state index in [0.29, 0.717) is 12.0 Å². The molecule has 13 heavy (non-hydrogen) atoms. The van der Waals surface area contributed by atoms with E-state index in [2.05, 4.69) is 10.6 Å². The van der Waals surface area contributed by atoms with Gasteiger partial charge in [-0.25, -0.2) is 0 Å². The van der Waals surface area contributed by atoms with Crippen LogP contribution in [0.15, 0.2) is 11.9 Å². The summed E-state index contributed by atoms with van der Waals surface area (Å²) in [5.74, 6) is 0. The Kier molecular flexibility index (Phi) is 4.87. The first-order valence-electron chi connectivity index (χ1n) is 3.43. The molecule has 0 aromatic heterocycles. The molecule has 0 aromatic carbocycles. The molecule has 1 rings (SSSR count). The van der Waals surface area contributed by atoms with Gasteiger partial charge in [-0.2, -0.15) is 13.7 Å². The SMILES string of the molecule is CS(=O)(=O)O.N#CC1=CNCCN1. The van der Waals surface area contributed by atoms with E-state index in [-0.39, 0.29) is 0 Å². The molecule has 1 heterocycles. The molecule has 7 heteroatoms. The van der Waals surface area contributed by atoms with E-state index in [1.54, 1.807) is 6.20 Å². The van der Waals surface area contributed by atoms with Crippen LogP contribution in [0.2, 0.25) is 0 Å². The van der Waals surface area contributed by atoms with Gasteiger partial charge >= 0.3 is 0 Å². The van der Waals surface area contributed by atoms with Crippen LogP contribution in [0.1, 0.15) is 0 Å². The summed E-state index contributed by atoms with van der Waals surface area (Å²) >= 11 is 0. The molecule has 0 radical (unpaired) electrons. The van der Waals surface area contributed by atoms with Crippen LogP contribution in [-0.2, 0) is 10.1 Å². The zero-order valence-corrected chi connectivity index (χ0v) is 7.93. The molecule has 0 aliphatic carbocycles. The first kappa shape index (κ1) is 11.7. The Morgan fingerprint density at radius 1 is 1.62 bits per heavy atom. The van der Waals surface area contributed by atoms with Crippen molar-refractivity contribution in [3.63, 3.8) is 0 Å². The van der Waals surface area contributed by atoms with Crippen molar-refractivity contribution in [1.82, 2.24) is 10.6 Å². The van der Waals surface area contributed by atoms with Crippen LogP contribution in [0.25, 0.3) is 0 Å². The lowest BCUT2D eigenvalue weighted by Crippen LogP contribution is -2.30. The quantitative estimate of drug-likeness (QED) is 0.440. The first-order chi connectivity index (χ1) is 5.93. The van der Waals surface area contributed by atoms with Gasteiger partial charge in [-0.3, -0.25) is 4.55 Å². The van der Waals surface area contributed by atoms with Crippen LogP contribution in [0.4, 0.5) is 0 Å². The molecule has 0 saturated carbocycles. The summed E-state index contributed by atoms with van der Waals surface area (Å²) < 4.78 is 25.9. The summed E-state index contributed by atoms with van der Waals surface area (Å²) in [7, 11) is -3.67. The van der Waals surface area contributed by atoms with E-state index in [1.807, 2.05) is 6.07 Å². The van der Waals surface area contributed by atoms with Crippen LogP contribution >= 0.6 is 0 Å². The molecule has 74 valence electrons. The van der Waals surface area contributed by atoms with Crippen molar-refractivity contribution in [2.24, 2.45) is 0 Å². The number of nitrogens with zero attached hydrogens (tertiary/aromatic N) is 1. The van der Waals surface area contributed by atoms with Crippen molar-refractivity contribution >= 4 is 10.1 Å². The Bertz CT molecular complexity index is 307. The van der Waals surface area contributed by atoms with Crippen LogP contribution in [0.3, 0.4) is 0 Å². The molecule has 3 N–H and O–H groups in total. The second kappa shape index (κ2) is 5.40. The Balaban J connectivity index is 0.000000252. The molecule has 0 fully saturated rings. The molecule has 0 amide bonds. The highest BCUT2D eigenvalue weighted by molar-refractivity contribution is 7.85. The smallest absolute Gasteiger partial charge is 0.261 e. The van der Waals surface area contributed by atoms with E-state index < -0.39 is 10.1 Å². The maximum atomic E-state index is 9.19. The van der Waals surface area contributed by atoms with Gasteiger partial charge in [0.05, 0.1) is 6.26 Å². The minimum absolute atomic E-state index is 0.622. The molecule has 0 unspecified atom stereocenters. The molecular formula is C6H11N3O3S. The molecule has 1 aliphatic heterocycles. The zero-order valence-electron chi connectivity index (χ0n) is 7.11. The fraction of sp³-hybridized carbons (Fsp3) is 0.500. The zero-order chi connectivity index (χ0) is 10.3. The topological polar surface area (TPSA) is 102 Å².